The highest BCUT2D eigenvalue weighted by atomic mass is 35.5. The van der Waals surface area contributed by atoms with Gasteiger partial charge < -0.3 is 9.47 Å². The maximum Gasteiger partial charge on any atom is 0.120 e. The largest absolute Gasteiger partial charge is 0.491 e. The molecule has 1 aromatic rings. The van der Waals surface area contributed by atoms with Crippen molar-refractivity contribution in [3.63, 3.8) is 0 Å². The van der Waals surface area contributed by atoms with Gasteiger partial charge in [-0.3, -0.25) is 0 Å². The van der Waals surface area contributed by atoms with Gasteiger partial charge in [-0.2, -0.15) is 0 Å². The summed E-state index contributed by atoms with van der Waals surface area (Å²) < 4.78 is 10.9. The molecule has 0 amide bonds. The number of alkyl halides is 1. The summed E-state index contributed by atoms with van der Waals surface area (Å²) in [7, 11) is 1.70. The minimum Gasteiger partial charge on any atom is -0.491 e. The van der Waals surface area contributed by atoms with Gasteiger partial charge in [-0.25, -0.2) is 0 Å². The first kappa shape index (κ1) is 15.9. The topological polar surface area (TPSA) is 18.5 Å². The van der Waals surface area contributed by atoms with Gasteiger partial charge >= 0.3 is 0 Å². The molecule has 0 fully saturated rings. The molecule has 2 nitrogen and oxygen atoms in total. The molecule has 0 aromatic heterocycles. The summed E-state index contributed by atoms with van der Waals surface area (Å²) in [5.74, 6) is 7.61. The lowest BCUT2D eigenvalue weighted by atomic mass is 10.1. The monoisotopic (exact) mass is 280 g/mol. The van der Waals surface area contributed by atoms with Crippen LogP contribution >= 0.6 is 11.6 Å². The Hall–Kier alpha value is -1.17. The summed E-state index contributed by atoms with van der Waals surface area (Å²) in [5.41, 5.74) is 2.15. The van der Waals surface area contributed by atoms with Gasteiger partial charge in [-0.1, -0.05) is 11.8 Å². The minimum absolute atomic E-state index is 0.146. The van der Waals surface area contributed by atoms with Crippen molar-refractivity contribution in [2.45, 2.75) is 32.8 Å². The molecule has 1 aromatic carbocycles. The molecule has 0 saturated carbocycles. The zero-order chi connectivity index (χ0) is 14.1. The molecule has 3 heteroatoms. The van der Waals surface area contributed by atoms with E-state index in [0.717, 1.165) is 23.3 Å². The van der Waals surface area contributed by atoms with Crippen LogP contribution in [0.4, 0.5) is 0 Å². The van der Waals surface area contributed by atoms with Crippen molar-refractivity contribution in [3.05, 3.63) is 29.3 Å². The second-order valence-corrected chi connectivity index (χ2v) is 4.81. The Morgan fingerprint density at radius 1 is 1.37 bits per heavy atom. The van der Waals surface area contributed by atoms with Gasteiger partial charge in [0.25, 0.3) is 0 Å². The van der Waals surface area contributed by atoms with Crippen LogP contribution < -0.4 is 4.74 Å². The maximum absolute atomic E-state index is 5.83. The van der Waals surface area contributed by atoms with E-state index in [2.05, 4.69) is 11.8 Å². The summed E-state index contributed by atoms with van der Waals surface area (Å²) in [6.45, 7) is 4.79. The highest BCUT2D eigenvalue weighted by Gasteiger charge is 2.05. The van der Waals surface area contributed by atoms with Crippen LogP contribution in [0.15, 0.2) is 18.2 Å². The lowest BCUT2D eigenvalue weighted by Gasteiger charge is -2.15. The number of hydrogen-bond acceptors (Lipinski definition) is 2. The van der Waals surface area contributed by atoms with Gasteiger partial charge in [-0.15, -0.1) is 11.6 Å². The Balaban J connectivity index is 2.64. The number of rotatable bonds is 6. The molecule has 1 unspecified atom stereocenters. The summed E-state index contributed by atoms with van der Waals surface area (Å²) in [6, 6.07) is 5.98. The Morgan fingerprint density at radius 3 is 2.79 bits per heavy atom. The van der Waals surface area contributed by atoms with Crippen LogP contribution in [0.5, 0.6) is 5.75 Å². The number of halogens is 1. The summed E-state index contributed by atoms with van der Waals surface area (Å²) in [5, 5.41) is 0. The number of aryl methyl sites for hydroxylation is 1. The van der Waals surface area contributed by atoms with Gasteiger partial charge in [0.2, 0.25) is 0 Å². The van der Waals surface area contributed by atoms with Crippen LogP contribution in [-0.4, -0.2) is 25.7 Å². The van der Waals surface area contributed by atoms with Crippen LogP contribution in [0.2, 0.25) is 0 Å². The predicted molar refractivity (Wildman–Crippen MR) is 80.0 cm³/mol. The molecule has 1 rings (SSSR count). The zero-order valence-electron chi connectivity index (χ0n) is 11.8. The third-order valence-corrected chi connectivity index (χ3v) is 2.90. The molecule has 0 spiro atoms. The fourth-order valence-electron chi connectivity index (χ4n) is 1.63. The Morgan fingerprint density at radius 2 is 2.16 bits per heavy atom. The number of hydrogen-bond donors (Lipinski definition) is 0. The molecule has 0 aliphatic carbocycles. The van der Waals surface area contributed by atoms with Crippen LogP contribution in [0.3, 0.4) is 0 Å². The van der Waals surface area contributed by atoms with E-state index >= 15 is 0 Å². The molecule has 104 valence electrons. The number of ether oxygens (including phenoxy) is 2. The molecule has 0 bridgehead atoms. The van der Waals surface area contributed by atoms with Gasteiger partial charge in [0, 0.05) is 38.0 Å². The van der Waals surface area contributed by atoms with Crippen molar-refractivity contribution >= 4 is 11.6 Å². The molecule has 0 saturated heterocycles. The predicted octanol–water partition coefficient (Wildman–Crippen LogP) is 3.78. The smallest absolute Gasteiger partial charge is 0.120 e. The van der Waals surface area contributed by atoms with Crippen molar-refractivity contribution in [2.75, 3.05) is 19.6 Å². The van der Waals surface area contributed by atoms with Crippen molar-refractivity contribution < 1.29 is 9.47 Å². The third kappa shape index (κ3) is 6.00. The fraction of sp³-hybridized carbons (Fsp3) is 0.500. The molecule has 0 heterocycles. The SMILES string of the molecule is COCCC(C)Oc1ccc(C#CCCCl)c(C)c1. The van der Waals surface area contributed by atoms with Crippen LogP contribution in [0.25, 0.3) is 0 Å². The normalized spacial score (nSPS) is 11.6. The first-order chi connectivity index (χ1) is 9.17. The molecule has 19 heavy (non-hydrogen) atoms. The maximum atomic E-state index is 5.83. The zero-order valence-corrected chi connectivity index (χ0v) is 12.6. The third-order valence-electron chi connectivity index (χ3n) is 2.71. The van der Waals surface area contributed by atoms with E-state index in [4.69, 9.17) is 21.1 Å². The van der Waals surface area contributed by atoms with Crippen LogP contribution in [0.1, 0.15) is 30.9 Å². The van der Waals surface area contributed by atoms with Gasteiger partial charge in [-0.05, 0) is 37.6 Å². The standard InChI is InChI=1S/C16H21ClO2/c1-13-12-16(19-14(2)9-11-18-3)8-7-15(13)6-4-5-10-17/h7-8,12,14H,5,9-11H2,1-3H3. The minimum atomic E-state index is 0.146. The lowest BCUT2D eigenvalue weighted by molar-refractivity contribution is 0.135. The van der Waals surface area contributed by atoms with Crippen molar-refractivity contribution in [2.24, 2.45) is 0 Å². The van der Waals surface area contributed by atoms with E-state index < -0.39 is 0 Å². The van der Waals surface area contributed by atoms with Crippen LogP contribution in [0, 0.1) is 18.8 Å². The molecule has 0 N–H and O–H groups in total. The van der Waals surface area contributed by atoms with E-state index in [1.807, 2.05) is 32.0 Å². The fourth-order valence-corrected chi connectivity index (χ4v) is 1.72. The highest BCUT2D eigenvalue weighted by molar-refractivity contribution is 6.18. The molecular formula is C16H21ClO2. The molecule has 0 radical (unpaired) electrons. The Bertz CT molecular complexity index is 446. The Labute approximate surface area is 121 Å². The van der Waals surface area contributed by atoms with Crippen molar-refractivity contribution in [1.82, 2.24) is 0 Å². The second kappa shape index (κ2) is 8.85. The average Bonchev–Trinajstić information content (AvgIpc) is 2.39. The first-order valence-electron chi connectivity index (χ1n) is 6.48. The summed E-state index contributed by atoms with van der Waals surface area (Å²) in [6.07, 6.45) is 1.74. The van der Waals surface area contributed by atoms with Gasteiger partial charge in [0.15, 0.2) is 0 Å². The summed E-state index contributed by atoms with van der Waals surface area (Å²) >= 11 is 5.60. The number of methoxy groups -OCH3 is 1. The lowest BCUT2D eigenvalue weighted by Crippen LogP contribution is -2.14. The van der Waals surface area contributed by atoms with Crippen LogP contribution in [-0.2, 0) is 4.74 Å². The van der Waals surface area contributed by atoms with Crippen molar-refractivity contribution in [1.29, 1.82) is 0 Å². The molecular weight excluding hydrogens is 260 g/mol. The van der Waals surface area contributed by atoms with Gasteiger partial charge in [0.05, 0.1) is 6.10 Å². The first-order valence-corrected chi connectivity index (χ1v) is 7.02. The summed E-state index contributed by atoms with van der Waals surface area (Å²) in [4.78, 5) is 0. The highest BCUT2D eigenvalue weighted by Crippen LogP contribution is 2.18. The van der Waals surface area contributed by atoms with Gasteiger partial charge in [0.1, 0.15) is 5.75 Å². The quantitative estimate of drug-likeness (QED) is 0.583. The van der Waals surface area contributed by atoms with E-state index in [0.29, 0.717) is 18.9 Å². The second-order valence-electron chi connectivity index (χ2n) is 4.43. The average molecular weight is 281 g/mol. The molecule has 0 aliphatic heterocycles. The van der Waals surface area contributed by atoms with E-state index in [1.165, 1.54) is 0 Å². The molecule has 0 aliphatic rings. The van der Waals surface area contributed by atoms with Crippen molar-refractivity contribution in [3.8, 4) is 17.6 Å². The van der Waals surface area contributed by atoms with E-state index in [-0.39, 0.29) is 6.10 Å². The van der Waals surface area contributed by atoms with E-state index in [9.17, 15) is 0 Å². The number of benzene rings is 1. The van der Waals surface area contributed by atoms with E-state index in [1.54, 1.807) is 7.11 Å². The Kier molecular flexibility index (Phi) is 7.40. The molecule has 1 atom stereocenters.